The van der Waals surface area contributed by atoms with Gasteiger partial charge in [0.05, 0.1) is 23.4 Å². The number of nitrogens with one attached hydrogen (secondary N) is 1. The molecule has 2 aromatic carbocycles. The Bertz CT molecular complexity index is 1180. The van der Waals surface area contributed by atoms with Gasteiger partial charge in [0.1, 0.15) is 5.69 Å². The van der Waals surface area contributed by atoms with Crippen molar-refractivity contribution in [1.82, 2.24) is 4.57 Å². The third kappa shape index (κ3) is 3.79. The Kier molecular flexibility index (Phi) is 5.50. The summed E-state index contributed by atoms with van der Waals surface area (Å²) < 4.78 is 6.82. The Hall–Kier alpha value is -3.61. The summed E-state index contributed by atoms with van der Waals surface area (Å²) in [5, 5.41) is 3.79. The van der Waals surface area contributed by atoms with E-state index >= 15 is 0 Å². The van der Waals surface area contributed by atoms with E-state index in [1.807, 2.05) is 36.7 Å². The molecular weight excluding hydrogens is 394 g/mol. The lowest BCUT2D eigenvalue weighted by molar-refractivity contribution is -0.117. The van der Waals surface area contributed by atoms with Crippen molar-refractivity contribution >= 4 is 40.1 Å². The van der Waals surface area contributed by atoms with E-state index in [0.717, 1.165) is 22.9 Å². The Labute approximate surface area is 180 Å². The second-order valence-electron chi connectivity index (χ2n) is 7.68. The summed E-state index contributed by atoms with van der Waals surface area (Å²) >= 11 is 0. The molecule has 1 fully saturated rings. The molecule has 160 valence electrons. The first-order valence-electron chi connectivity index (χ1n) is 10.4. The Balaban J connectivity index is 1.71. The zero-order chi connectivity index (χ0) is 22.1. The van der Waals surface area contributed by atoms with Crippen molar-refractivity contribution in [2.45, 2.75) is 26.7 Å². The first-order valence-corrected chi connectivity index (χ1v) is 10.4. The van der Waals surface area contributed by atoms with Gasteiger partial charge in [0, 0.05) is 31.1 Å². The van der Waals surface area contributed by atoms with Gasteiger partial charge >= 0.3 is 5.97 Å². The number of hydrogen-bond acceptors (Lipinski definition) is 4. The molecule has 7 heteroatoms. The molecule has 1 aromatic heterocycles. The number of aromatic nitrogens is 1. The summed E-state index contributed by atoms with van der Waals surface area (Å²) in [5.74, 6) is -0.684. The maximum absolute atomic E-state index is 13.3. The molecule has 7 nitrogen and oxygen atoms in total. The summed E-state index contributed by atoms with van der Waals surface area (Å²) in [6.07, 6.45) is 1.26. The van der Waals surface area contributed by atoms with Gasteiger partial charge in [0.2, 0.25) is 5.91 Å². The number of benzene rings is 2. The van der Waals surface area contributed by atoms with Crippen LogP contribution in [0.15, 0.2) is 42.5 Å². The van der Waals surface area contributed by atoms with Crippen LogP contribution in [0.3, 0.4) is 0 Å². The maximum atomic E-state index is 13.3. The number of carbonyl (C=O) groups excluding carboxylic acids is 3. The van der Waals surface area contributed by atoms with Gasteiger partial charge < -0.3 is 19.5 Å². The van der Waals surface area contributed by atoms with E-state index in [1.165, 1.54) is 0 Å². The lowest BCUT2D eigenvalue weighted by atomic mass is 10.1. The molecule has 31 heavy (non-hydrogen) atoms. The first kappa shape index (κ1) is 20.7. The molecule has 0 saturated carbocycles. The second-order valence-corrected chi connectivity index (χ2v) is 7.68. The molecular formula is C24H25N3O4. The average molecular weight is 419 g/mol. The molecule has 1 aliphatic rings. The molecule has 4 rings (SSSR count). The molecule has 0 radical (unpaired) electrons. The summed E-state index contributed by atoms with van der Waals surface area (Å²) in [7, 11) is 1.83. The number of ether oxygens (including phenoxy) is 1. The Morgan fingerprint density at radius 3 is 2.52 bits per heavy atom. The van der Waals surface area contributed by atoms with Crippen LogP contribution in [-0.4, -0.2) is 35.5 Å². The zero-order valence-electron chi connectivity index (χ0n) is 17.9. The highest BCUT2D eigenvalue weighted by Gasteiger charge is 2.31. The van der Waals surface area contributed by atoms with Gasteiger partial charge in [-0.1, -0.05) is 11.6 Å². The predicted octanol–water partition coefficient (Wildman–Crippen LogP) is 4.04. The predicted molar refractivity (Wildman–Crippen MR) is 120 cm³/mol. The molecule has 0 bridgehead atoms. The SMILES string of the molecule is CCOC(=O)c1ccc(NC(=O)c2c(N3CCCC3=O)c3cc(C)ccc3n2C)cc1. The molecule has 0 unspecified atom stereocenters. The maximum Gasteiger partial charge on any atom is 0.338 e. The van der Waals surface area contributed by atoms with Gasteiger partial charge in [-0.05, 0) is 56.7 Å². The van der Waals surface area contributed by atoms with E-state index in [0.29, 0.717) is 42.2 Å². The summed E-state index contributed by atoms with van der Waals surface area (Å²) in [6, 6.07) is 12.5. The third-order valence-corrected chi connectivity index (χ3v) is 5.54. The molecule has 0 spiro atoms. The number of nitrogens with zero attached hydrogens (tertiary/aromatic N) is 2. The van der Waals surface area contributed by atoms with Gasteiger partial charge in [0.25, 0.3) is 5.91 Å². The molecule has 2 amide bonds. The number of esters is 1. The normalized spacial score (nSPS) is 13.6. The Morgan fingerprint density at radius 2 is 1.87 bits per heavy atom. The topological polar surface area (TPSA) is 80.6 Å². The fourth-order valence-electron chi connectivity index (χ4n) is 4.05. The van der Waals surface area contributed by atoms with Gasteiger partial charge in [-0.3, -0.25) is 9.59 Å². The Morgan fingerprint density at radius 1 is 1.13 bits per heavy atom. The van der Waals surface area contributed by atoms with E-state index < -0.39 is 5.97 Å². The number of aryl methyl sites for hydroxylation is 2. The van der Waals surface area contributed by atoms with Crippen molar-refractivity contribution in [3.63, 3.8) is 0 Å². The minimum absolute atomic E-state index is 0.0295. The smallest absolute Gasteiger partial charge is 0.338 e. The number of hydrogen-bond donors (Lipinski definition) is 1. The van der Waals surface area contributed by atoms with Gasteiger partial charge in [0.15, 0.2) is 0 Å². The molecule has 2 heterocycles. The fraction of sp³-hybridized carbons (Fsp3) is 0.292. The van der Waals surface area contributed by atoms with E-state index in [2.05, 4.69) is 5.32 Å². The molecule has 1 saturated heterocycles. The van der Waals surface area contributed by atoms with Crippen LogP contribution in [0, 0.1) is 6.92 Å². The van der Waals surface area contributed by atoms with Gasteiger partial charge in [-0.15, -0.1) is 0 Å². The minimum Gasteiger partial charge on any atom is -0.462 e. The van der Waals surface area contributed by atoms with Crippen molar-refractivity contribution in [2.75, 3.05) is 23.4 Å². The van der Waals surface area contributed by atoms with Crippen LogP contribution in [0.1, 0.15) is 46.2 Å². The highest BCUT2D eigenvalue weighted by Crippen LogP contribution is 2.37. The number of amides is 2. The monoisotopic (exact) mass is 419 g/mol. The summed E-state index contributed by atoms with van der Waals surface area (Å²) in [4.78, 5) is 39.4. The van der Waals surface area contributed by atoms with Gasteiger partial charge in [-0.2, -0.15) is 0 Å². The average Bonchev–Trinajstić information content (AvgIpc) is 3.28. The number of rotatable bonds is 5. The lowest BCUT2D eigenvalue weighted by Gasteiger charge is -2.18. The minimum atomic E-state index is -0.403. The first-order chi connectivity index (χ1) is 14.9. The number of fused-ring (bicyclic) bond motifs is 1. The van der Waals surface area contributed by atoms with Crippen molar-refractivity contribution < 1.29 is 19.1 Å². The van der Waals surface area contributed by atoms with E-state index in [4.69, 9.17) is 4.74 Å². The fourth-order valence-corrected chi connectivity index (χ4v) is 4.05. The second kappa shape index (κ2) is 8.26. The highest BCUT2D eigenvalue weighted by atomic mass is 16.5. The van der Waals surface area contributed by atoms with Crippen LogP contribution < -0.4 is 10.2 Å². The summed E-state index contributed by atoms with van der Waals surface area (Å²) in [6.45, 7) is 4.64. The number of carbonyl (C=O) groups is 3. The van der Waals surface area contributed by atoms with Crippen LogP contribution in [0.2, 0.25) is 0 Å². The third-order valence-electron chi connectivity index (χ3n) is 5.54. The van der Waals surface area contributed by atoms with Crippen molar-refractivity contribution in [1.29, 1.82) is 0 Å². The summed E-state index contributed by atoms with van der Waals surface area (Å²) in [5.41, 5.74) is 4.02. The standard InChI is InChI=1S/C24H25N3O4/c1-4-31-24(30)16-8-10-17(11-9-16)25-23(29)22-21(27-13-5-6-20(27)28)18-14-15(2)7-12-19(18)26(22)3/h7-12,14H,4-6,13H2,1-3H3,(H,25,29). The van der Waals surface area contributed by atoms with Crippen molar-refractivity contribution in [3.8, 4) is 0 Å². The molecule has 1 N–H and O–H groups in total. The van der Waals surface area contributed by atoms with Crippen molar-refractivity contribution in [2.24, 2.45) is 7.05 Å². The molecule has 0 atom stereocenters. The van der Waals surface area contributed by atoms with Crippen LogP contribution in [0.5, 0.6) is 0 Å². The molecule has 0 aliphatic carbocycles. The molecule has 3 aromatic rings. The van der Waals surface area contributed by atoms with Crippen LogP contribution in [0.25, 0.3) is 10.9 Å². The lowest BCUT2D eigenvalue weighted by Crippen LogP contribution is -2.27. The van der Waals surface area contributed by atoms with Crippen molar-refractivity contribution in [3.05, 3.63) is 59.3 Å². The van der Waals surface area contributed by atoms with E-state index in [-0.39, 0.29) is 11.8 Å². The largest absolute Gasteiger partial charge is 0.462 e. The van der Waals surface area contributed by atoms with Crippen LogP contribution >= 0.6 is 0 Å². The molecule has 1 aliphatic heterocycles. The quantitative estimate of drug-likeness (QED) is 0.633. The van der Waals surface area contributed by atoms with Crippen LogP contribution in [0.4, 0.5) is 11.4 Å². The van der Waals surface area contributed by atoms with Gasteiger partial charge in [-0.25, -0.2) is 4.79 Å². The highest BCUT2D eigenvalue weighted by molar-refractivity contribution is 6.17. The van der Waals surface area contributed by atoms with Crippen LogP contribution in [-0.2, 0) is 16.6 Å². The number of anilines is 2. The van der Waals surface area contributed by atoms with E-state index in [9.17, 15) is 14.4 Å². The van der Waals surface area contributed by atoms with E-state index in [1.54, 1.807) is 36.1 Å². The zero-order valence-corrected chi connectivity index (χ0v) is 17.9.